The lowest BCUT2D eigenvalue weighted by Crippen LogP contribution is -2.49. The van der Waals surface area contributed by atoms with Gasteiger partial charge in [-0.3, -0.25) is 19.2 Å². The van der Waals surface area contributed by atoms with Crippen molar-refractivity contribution in [2.75, 3.05) is 18.9 Å². The van der Waals surface area contributed by atoms with Crippen LogP contribution < -0.4 is 5.32 Å². The molecule has 2 atom stereocenters. The van der Waals surface area contributed by atoms with Crippen molar-refractivity contribution in [3.8, 4) is 0 Å². The molecule has 190 valence electrons. The van der Waals surface area contributed by atoms with Crippen LogP contribution in [0.1, 0.15) is 37.8 Å². The number of carbonyl (C=O) groups excluding carboxylic acids is 4. The lowest BCUT2D eigenvalue weighted by atomic mass is 9.98. The van der Waals surface area contributed by atoms with Crippen molar-refractivity contribution in [2.24, 2.45) is 11.0 Å². The molecule has 0 fully saturated rings. The van der Waals surface area contributed by atoms with E-state index >= 15 is 0 Å². The number of ether oxygens (including phenoxy) is 1. The first-order valence-corrected chi connectivity index (χ1v) is 12.9. The number of rotatable bonds is 10. The summed E-state index contributed by atoms with van der Waals surface area (Å²) < 4.78 is 5.03. The number of benzene rings is 2. The summed E-state index contributed by atoms with van der Waals surface area (Å²) in [5, 5.41) is 8.37. The number of nitrogens with zero attached hydrogens (tertiary/aromatic N) is 2. The first kappa shape index (κ1) is 27.1. The van der Waals surface area contributed by atoms with E-state index in [-0.39, 0.29) is 24.2 Å². The van der Waals surface area contributed by atoms with Crippen LogP contribution in [0.15, 0.2) is 65.8 Å². The number of carbonyl (C=O) groups is 4. The zero-order valence-electron chi connectivity index (χ0n) is 20.5. The van der Waals surface area contributed by atoms with Crippen LogP contribution in [0.5, 0.6) is 0 Å². The summed E-state index contributed by atoms with van der Waals surface area (Å²) in [6, 6.07) is 18.1. The first-order valence-electron chi connectivity index (χ1n) is 11.9. The van der Waals surface area contributed by atoms with Gasteiger partial charge >= 0.3 is 5.97 Å². The number of nitrogens with one attached hydrogen (secondary N) is 1. The highest BCUT2D eigenvalue weighted by atomic mass is 32.2. The van der Waals surface area contributed by atoms with Crippen molar-refractivity contribution >= 4 is 40.4 Å². The Balaban J connectivity index is 1.80. The van der Waals surface area contributed by atoms with Gasteiger partial charge in [0.15, 0.2) is 5.12 Å². The number of hydrogen-bond donors (Lipinski definition) is 1. The lowest BCUT2D eigenvalue weighted by molar-refractivity contribution is -0.149. The van der Waals surface area contributed by atoms with Gasteiger partial charge in [-0.05, 0) is 37.3 Å². The largest absolute Gasteiger partial charge is 0.465 e. The third-order valence-corrected chi connectivity index (χ3v) is 6.63. The predicted octanol–water partition coefficient (Wildman–Crippen LogP) is 3.20. The fourth-order valence-electron chi connectivity index (χ4n) is 3.87. The van der Waals surface area contributed by atoms with Crippen LogP contribution >= 0.6 is 11.8 Å². The molecular formula is C27H31N3O5S. The van der Waals surface area contributed by atoms with E-state index in [9.17, 15) is 19.2 Å². The molecule has 0 aliphatic carbocycles. The Morgan fingerprint density at radius 1 is 1.11 bits per heavy atom. The standard InChI is InChI=1S/C27H31N3O5S/c1-3-35-25(32)17-30-27(34)24(15-14-23(29-30)21-12-8-5-9-13-21)28-26(33)22(18-36-19(2)31)16-20-10-6-4-7-11-20/h4-13,22,24H,3,14-18H2,1-2H3,(H,28,33)/t22-,24+/m1/s1. The van der Waals surface area contributed by atoms with Crippen LogP contribution in [0.3, 0.4) is 0 Å². The Kier molecular flexibility index (Phi) is 10.2. The summed E-state index contributed by atoms with van der Waals surface area (Å²) in [5.41, 5.74) is 2.46. The van der Waals surface area contributed by atoms with Gasteiger partial charge in [-0.1, -0.05) is 72.4 Å². The van der Waals surface area contributed by atoms with E-state index in [0.29, 0.717) is 30.7 Å². The first-order chi connectivity index (χ1) is 17.4. The van der Waals surface area contributed by atoms with Crippen LogP contribution in [-0.2, 0) is 30.3 Å². The average molecular weight is 510 g/mol. The van der Waals surface area contributed by atoms with Crippen LogP contribution in [0.25, 0.3) is 0 Å². The molecule has 0 unspecified atom stereocenters. The highest BCUT2D eigenvalue weighted by Gasteiger charge is 2.33. The summed E-state index contributed by atoms with van der Waals surface area (Å²) in [6.07, 6.45) is 1.20. The molecule has 36 heavy (non-hydrogen) atoms. The van der Waals surface area contributed by atoms with E-state index in [1.165, 1.54) is 6.92 Å². The zero-order valence-corrected chi connectivity index (χ0v) is 21.3. The SMILES string of the molecule is CCOC(=O)CN1N=C(c2ccccc2)CC[C@H](NC(=O)[C@@H](CSC(C)=O)Cc2ccccc2)C1=O. The van der Waals surface area contributed by atoms with E-state index < -0.39 is 23.8 Å². The molecule has 0 radical (unpaired) electrons. The highest BCUT2D eigenvalue weighted by molar-refractivity contribution is 8.13. The Morgan fingerprint density at radius 2 is 1.78 bits per heavy atom. The summed E-state index contributed by atoms with van der Waals surface area (Å²) in [6.45, 7) is 3.00. The lowest BCUT2D eigenvalue weighted by Gasteiger charge is -2.23. The molecule has 1 N–H and O–H groups in total. The molecule has 2 aromatic carbocycles. The molecule has 0 aromatic heterocycles. The van der Waals surface area contributed by atoms with E-state index in [2.05, 4.69) is 10.4 Å². The highest BCUT2D eigenvalue weighted by Crippen LogP contribution is 2.19. The van der Waals surface area contributed by atoms with Gasteiger partial charge in [0.05, 0.1) is 18.2 Å². The molecule has 2 aromatic rings. The molecule has 1 heterocycles. The van der Waals surface area contributed by atoms with Crippen molar-refractivity contribution in [3.05, 3.63) is 71.8 Å². The van der Waals surface area contributed by atoms with Gasteiger partial charge in [0.2, 0.25) is 5.91 Å². The van der Waals surface area contributed by atoms with Crippen molar-refractivity contribution in [3.63, 3.8) is 0 Å². The molecule has 0 saturated carbocycles. The molecule has 1 aliphatic rings. The molecule has 0 bridgehead atoms. The van der Waals surface area contributed by atoms with Crippen LogP contribution in [0.2, 0.25) is 0 Å². The molecule has 3 rings (SSSR count). The minimum Gasteiger partial charge on any atom is -0.465 e. The van der Waals surface area contributed by atoms with Gasteiger partial charge in [0.25, 0.3) is 5.91 Å². The number of hydrazone groups is 1. The number of amides is 2. The Hall–Kier alpha value is -3.46. The van der Waals surface area contributed by atoms with E-state index in [4.69, 9.17) is 4.74 Å². The fourth-order valence-corrected chi connectivity index (χ4v) is 4.58. The minimum atomic E-state index is -0.863. The summed E-state index contributed by atoms with van der Waals surface area (Å²) in [7, 11) is 0. The van der Waals surface area contributed by atoms with E-state index in [1.807, 2.05) is 60.7 Å². The maximum Gasteiger partial charge on any atom is 0.327 e. The average Bonchev–Trinajstić information content (AvgIpc) is 3.02. The number of thioether (sulfide) groups is 1. The summed E-state index contributed by atoms with van der Waals surface area (Å²) >= 11 is 1.09. The van der Waals surface area contributed by atoms with Gasteiger partial charge in [0, 0.05) is 12.7 Å². The van der Waals surface area contributed by atoms with Crippen molar-refractivity contribution in [1.82, 2.24) is 10.3 Å². The summed E-state index contributed by atoms with van der Waals surface area (Å²) in [4.78, 5) is 50.5. The predicted molar refractivity (Wildman–Crippen MR) is 139 cm³/mol. The van der Waals surface area contributed by atoms with Crippen LogP contribution in [0.4, 0.5) is 0 Å². The number of hydrogen-bond acceptors (Lipinski definition) is 7. The number of esters is 1. The molecule has 2 amide bonds. The van der Waals surface area contributed by atoms with E-state index in [0.717, 1.165) is 27.9 Å². The molecule has 8 nitrogen and oxygen atoms in total. The maximum absolute atomic E-state index is 13.4. The van der Waals surface area contributed by atoms with Crippen LogP contribution in [-0.4, -0.2) is 58.6 Å². The van der Waals surface area contributed by atoms with Crippen molar-refractivity contribution in [2.45, 2.75) is 39.2 Å². The quantitative estimate of drug-likeness (QED) is 0.493. The zero-order chi connectivity index (χ0) is 25.9. The van der Waals surface area contributed by atoms with Gasteiger partial charge in [0.1, 0.15) is 12.6 Å². The third kappa shape index (κ3) is 8.05. The second-order valence-electron chi connectivity index (χ2n) is 8.40. The van der Waals surface area contributed by atoms with Gasteiger partial charge in [-0.2, -0.15) is 5.10 Å². The Labute approximate surface area is 215 Å². The van der Waals surface area contributed by atoms with Gasteiger partial charge in [-0.25, -0.2) is 5.01 Å². The third-order valence-electron chi connectivity index (χ3n) is 5.65. The van der Waals surface area contributed by atoms with Crippen molar-refractivity contribution in [1.29, 1.82) is 0 Å². The molecule has 9 heteroatoms. The van der Waals surface area contributed by atoms with Crippen LogP contribution in [0, 0.1) is 5.92 Å². The second-order valence-corrected chi connectivity index (χ2v) is 9.60. The Bertz CT molecular complexity index is 1090. The fraction of sp³-hybridized carbons (Fsp3) is 0.370. The smallest absolute Gasteiger partial charge is 0.327 e. The Morgan fingerprint density at radius 3 is 2.42 bits per heavy atom. The van der Waals surface area contributed by atoms with E-state index in [1.54, 1.807) is 6.92 Å². The second kappa shape index (κ2) is 13.6. The van der Waals surface area contributed by atoms with Gasteiger partial charge < -0.3 is 10.1 Å². The molecule has 1 aliphatic heterocycles. The van der Waals surface area contributed by atoms with Crippen molar-refractivity contribution < 1.29 is 23.9 Å². The maximum atomic E-state index is 13.4. The minimum absolute atomic E-state index is 0.0760. The monoisotopic (exact) mass is 509 g/mol. The molecule has 0 spiro atoms. The molecular weight excluding hydrogens is 478 g/mol. The normalized spacial score (nSPS) is 16.5. The molecule has 0 saturated heterocycles. The van der Waals surface area contributed by atoms with Gasteiger partial charge in [-0.15, -0.1) is 0 Å². The topological polar surface area (TPSA) is 105 Å². The summed E-state index contributed by atoms with van der Waals surface area (Å²) in [5.74, 6) is -1.57.